The lowest BCUT2D eigenvalue weighted by molar-refractivity contribution is 0.563. The summed E-state index contributed by atoms with van der Waals surface area (Å²) in [6.45, 7) is 0.0113. The summed E-state index contributed by atoms with van der Waals surface area (Å²) >= 11 is 3.04. The van der Waals surface area contributed by atoms with E-state index in [2.05, 4.69) is 20.9 Å². The molecule has 1 aromatic carbocycles. The largest absolute Gasteiger partial charge is 0.294 e. The maximum atomic E-state index is 13.4. The van der Waals surface area contributed by atoms with Crippen LogP contribution in [0, 0.1) is 11.6 Å². The quantitative estimate of drug-likeness (QED) is 0.853. The number of hydrogen-bond donors (Lipinski definition) is 0. The van der Waals surface area contributed by atoms with E-state index in [4.69, 9.17) is 0 Å². The summed E-state index contributed by atoms with van der Waals surface area (Å²) in [6.07, 6.45) is 2.66. The molecule has 1 heterocycles. The monoisotopic (exact) mass is 300 g/mol. The van der Waals surface area contributed by atoms with Gasteiger partial charge >= 0.3 is 0 Å². The highest BCUT2D eigenvalue weighted by Crippen LogP contribution is 2.10. The Hall–Kier alpha value is -1.56. The van der Waals surface area contributed by atoms with E-state index in [1.165, 1.54) is 23.2 Å². The number of aromatic nitrogens is 2. The standard InChI is InChI=1S/C11H7BrF2N2O/c12-9-4-15-6-16(11(9)17)5-7-1-2-8(13)3-10(7)14/h1-4,6H,5H2. The minimum absolute atomic E-state index is 0.0113. The van der Waals surface area contributed by atoms with Crippen LogP contribution in [0.2, 0.25) is 0 Å². The van der Waals surface area contributed by atoms with Crippen LogP contribution in [0.4, 0.5) is 8.78 Å². The Morgan fingerprint density at radius 1 is 1.35 bits per heavy atom. The Bertz CT molecular complexity index is 613. The zero-order valence-electron chi connectivity index (χ0n) is 8.53. The predicted octanol–water partition coefficient (Wildman–Crippen LogP) is 2.33. The van der Waals surface area contributed by atoms with Crippen LogP contribution in [0.15, 0.2) is 40.0 Å². The fourth-order valence-electron chi connectivity index (χ4n) is 1.37. The SMILES string of the molecule is O=c1c(Br)cncn1Cc1ccc(F)cc1F. The van der Waals surface area contributed by atoms with E-state index in [0.717, 1.165) is 12.1 Å². The van der Waals surface area contributed by atoms with Crippen molar-refractivity contribution in [1.29, 1.82) is 0 Å². The van der Waals surface area contributed by atoms with Gasteiger partial charge in [0, 0.05) is 17.8 Å². The molecular weight excluding hydrogens is 294 g/mol. The van der Waals surface area contributed by atoms with Gasteiger partial charge in [-0.05, 0) is 22.0 Å². The molecule has 0 aliphatic carbocycles. The van der Waals surface area contributed by atoms with Gasteiger partial charge in [-0.3, -0.25) is 9.36 Å². The van der Waals surface area contributed by atoms with Crippen molar-refractivity contribution < 1.29 is 8.78 Å². The minimum Gasteiger partial charge on any atom is -0.294 e. The Morgan fingerprint density at radius 3 is 2.82 bits per heavy atom. The molecule has 0 saturated heterocycles. The first kappa shape index (κ1) is 11.9. The first-order valence-corrected chi connectivity index (χ1v) is 5.51. The average molecular weight is 301 g/mol. The van der Waals surface area contributed by atoms with Crippen molar-refractivity contribution in [2.24, 2.45) is 0 Å². The second kappa shape index (κ2) is 4.75. The molecule has 1 aromatic heterocycles. The fourth-order valence-corrected chi connectivity index (χ4v) is 1.72. The summed E-state index contributed by atoms with van der Waals surface area (Å²) in [5.74, 6) is -1.33. The van der Waals surface area contributed by atoms with Crippen molar-refractivity contribution in [3.63, 3.8) is 0 Å². The Morgan fingerprint density at radius 2 is 2.12 bits per heavy atom. The molecule has 2 aromatic rings. The van der Waals surface area contributed by atoms with Gasteiger partial charge in [-0.25, -0.2) is 13.8 Å². The first-order chi connectivity index (χ1) is 8.08. The summed E-state index contributed by atoms with van der Waals surface area (Å²) in [7, 11) is 0. The molecule has 0 radical (unpaired) electrons. The van der Waals surface area contributed by atoms with Gasteiger partial charge in [-0.2, -0.15) is 0 Å². The Labute approximate surface area is 104 Å². The van der Waals surface area contributed by atoms with Crippen LogP contribution < -0.4 is 5.56 Å². The normalized spacial score (nSPS) is 10.5. The molecule has 0 bridgehead atoms. The van der Waals surface area contributed by atoms with E-state index in [0.29, 0.717) is 4.47 Å². The van der Waals surface area contributed by atoms with Gasteiger partial charge in [0.25, 0.3) is 5.56 Å². The zero-order valence-corrected chi connectivity index (χ0v) is 10.1. The van der Waals surface area contributed by atoms with Crippen molar-refractivity contribution in [3.8, 4) is 0 Å². The van der Waals surface area contributed by atoms with Crippen molar-refractivity contribution in [3.05, 3.63) is 62.7 Å². The zero-order chi connectivity index (χ0) is 12.4. The van der Waals surface area contributed by atoms with Crippen molar-refractivity contribution in [2.75, 3.05) is 0 Å². The number of benzene rings is 1. The molecule has 0 spiro atoms. The Balaban J connectivity index is 2.38. The van der Waals surface area contributed by atoms with Crippen LogP contribution in [-0.4, -0.2) is 9.55 Å². The topological polar surface area (TPSA) is 34.9 Å². The number of rotatable bonds is 2. The van der Waals surface area contributed by atoms with Crippen LogP contribution in [0.5, 0.6) is 0 Å². The van der Waals surface area contributed by atoms with Crippen LogP contribution >= 0.6 is 15.9 Å². The minimum atomic E-state index is -0.683. The molecule has 0 fully saturated rings. The van der Waals surface area contributed by atoms with E-state index in [-0.39, 0.29) is 17.7 Å². The first-order valence-electron chi connectivity index (χ1n) is 4.72. The molecule has 3 nitrogen and oxygen atoms in total. The van der Waals surface area contributed by atoms with Gasteiger partial charge in [0.1, 0.15) is 16.1 Å². The van der Waals surface area contributed by atoms with E-state index < -0.39 is 11.6 Å². The number of nitrogens with zero attached hydrogens (tertiary/aromatic N) is 2. The van der Waals surface area contributed by atoms with Crippen LogP contribution in [0.3, 0.4) is 0 Å². The van der Waals surface area contributed by atoms with Crippen LogP contribution in [0.1, 0.15) is 5.56 Å². The highest BCUT2D eigenvalue weighted by Gasteiger charge is 2.07. The summed E-state index contributed by atoms with van der Waals surface area (Å²) in [5, 5.41) is 0. The lowest BCUT2D eigenvalue weighted by Crippen LogP contribution is -2.21. The third-order valence-electron chi connectivity index (χ3n) is 2.21. The van der Waals surface area contributed by atoms with Crippen LogP contribution in [-0.2, 0) is 6.54 Å². The lowest BCUT2D eigenvalue weighted by atomic mass is 10.2. The molecule has 0 unspecified atom stereocenters. The van der Waals surface area contributed by atoms with E-state index in [1.807, 2.05) is 0 Å². The maximum Gasteiger partial charge on any atom is 0.267 e. The molecule has 0 N–H and O–H groups in total. The predicted molar refractivity (Wildman–Crippen MR) is 61.7 cm³/mol. The summed E-state index contributed by atoms with van der Waals surface area (Å²) < 4.78 is 27.6. The average Bonchev–Trinajstić information content (AvgIpc) is 2.28. The van der Waals surface area contributed by atoms with E-state index in [9.17, 15) is 13.6 Å². The van der Waals surface area contributed by atoms with Gasteiger partial charge < -0.3 is 0 Å². The highest BCUT2D eigenvalue weighted by molar-refractivity contribution is 9.10. The molecule has 0 aliphatic rings. The highest BCUT2D eigenvalue weighted by atomic mass is 79.9. The van der Waals surface area contributed by atoms with Gasteiger partial charge in [0.2, 0.25) is 0 Å². The van der Waals surface area contributed by atoms with Gasteiger partial charge in [-0.15, -0.1) is 0 Å². The molecule has 2 rings (SSSR count). The van der Waals surface area contributed by atoms with Gasteiger partial charge in [0.15, 0.2) is 0 Å². The smallest absolute Gasteiger partial charge is 0.267 e. The number of halogens is 3. The lowest BCUT2D eigenvalue weighted by Gasteiger charge is -2.06. The maximum absolute atomic E-state index is 13.4. The molecule has 17 heavy (non-hydrogen) atoms. The molecule has 0 aliphatic heterocycles. The molecule has 0 amide bonds. The molecule has 0 saturated carbocycles. The molecule has 88 valence electrons. The van der Waals surface area contributed by atoms with Crippen molar-refractivity contribution >= 4 is 15.9 Å². The van der Waals surface area contributed by atoms with Crippen molar-refractivity contribution in [1.82, 2.24) is 9.55 Å². The third-order valence-corrected chi connectivity index (χ3v) is 2.76. The van der Waals surface area contributed by atoms with Crippen molar-refractivity contribution in [2.45, 2.75) is 6.54 Å². The second-order valence-electron chi connectivity index (χ2n) is 3.41. The number of hydrogen-bond acceptors (Lipinski definition) is 2. The van der Waals surface area contributed by atoms with E-state index in [1.54, 1.807) is 0 Å². The summed E-state index contributed by atoms with van der Waals surface area (Å²) in [6, 6.07) is 3.23. The third kappa shape index (κ3) is 2.58. The van der Waals surface area contributed by atoms with Gasteiger partial charge in [-0.1, -0.05) is 6.07 Å². The molecule has 0 atom stereocenters. The second-order valence-corrected chi connectivity index (χ2v) is 4.26. The fraction of sp³-hybridized carbons (Fsp3) is 0.0909. The summed E-state index contributed by atoms with van der Waals surface area (Å²) in [5.41, 5.74) is -0.0860. The molecular formula is C11H7BrF2N2O. The Kier molecular flexibility index (Phi) is 3.33. The van der Waals surface area contributed by atoms with Gasteiger partial charge in [0.05, 0.1) is 12.9 Å². The van der Waals surface area contributed by atoms with Crippen LogP contribution in [0.25, 0.3) is 0 Å². The molecule has 6 heteroatoms. The summed E-state index contributed by atoms with van der Waals surface area (Å²) in [4.78, 5) is 15.4. The van der Waals surface area contributed by atoms with E-state index >= 15 is 0 Å².